The summed E-state index contributed by atoms with van der Waals surface area (Å²) in [4.78, 5) is 23.9. The van der Waals surface area contributed by atoms with Crippen molar-refractivity contribution in [3.63, 3.8) is 0 Å². The summed E-state index contributed by atoms with van der Waals surface area (Å²) in [6.45, 7) is 0.963. The Morgan fingerprint density at radius 1 is 1.00 bits per heavy atom. The van der Waals surface area contributed by atoms with Crippen LogP contribution in [0.3, 0.4) is 0 Å². The van der Waals surface area contributed by atoms with E-state index < -0.39 is 0 Å². The van der Waals surface area contributed by atoms with Gasteiger partial charge in [-0.2, -0.15) is 0 Å². The zero-order chi connectivity index (χ0) is 18.9. The first-order chi connectivity index (χ1) is 12.5. The molecule has 0 unspecified atom stereocenters. The molecular weight excluding hydrogens is 377 g/mol. The highest BCUT2D eigenvalue weighted by Gasteiger charge is 2.06. The van der Waals surface area contributed by atoms with Gasteiger partial charge >= 0.3 is 0 Å². The van der Waals surface area contributed by atoms with E-state index in [4.69, 9.17) is 27.9 Å². The zero-order valence-electron chi connectivity index (χ0n) is 14.1. The molecule has 8 heteroatoms. The van der Waals surface area contributed by atoms with Gasteiger partial charge in [0.1, 0.15) is 0 Å². The summed E-state index contributed by atoms with van der Waals surface area (Å²) in [7, 11) is 1.57. The van der Waals surface area contributed by atoms with Crippen LogP contribution in [0.15, 0.2) is 42.5 Å². The van der Waals surface area contributed by atoms with Crippen LogP contribution in [-0.2, 0) is 9.53 Å². The topological polar surface area (TPSA) is 79.5 Å². The van der Waals surface area contributed by atoms with Crippen molar-refractivity contribution in [2.24, 2.45) is 0 Å². The van der Waals surface area contributed by atoms with Gasteiger partial charge in [-0.3, -0.25) is 9.59 Å². The van der Waals surface area contributed by atoms with Crippen LogP contribution in [0.4, 0.5) is 11.4 Å². The number of benzene rings is 2. The second-order valence-corrected chi connectivity index (χ2v) is 6.26. The monoisotopic (exact) mass is 395 g/mol. The number of anilines is 2. The molecule has 6 nitrogen and oxygen atoms in total. The molecule has 0 aliphatic heterocycles. The van der Waals surface area contributed by atoms with Crippen LogP contribution in [0.2, 0.25) is 10.0 Å². The minimum Gasteiger partial charge on any atom is -0.383 e. The number of amides is 2. The van der Waals surface area contributed by atoms with E-state index in [-0.39, 0.29) is 18.4 Å². The summed E-state index contributed by atoms with van der Waals surface area (Å²) in [5, 5.41) is 9.31. The van der Waals surface area contributed by atoms with Crippen molar-refractivity contribution < 1.29 is 14.3 Å². The Labute approximate surface area is 161 Å². The smallest absolute Gasteiger partial charge is 0.251 e. The fraction of sp³-hybridized carbons (Fsp3) is 0.222. The molecule has 0 saturated heterocycles. The van der Waals surface area contributed by atoms with E-state index >= 15 is 0 Å². The molecule has 2 amide bonds. The van der Waals surface area contributed by atoms with Crippen LogP contribution < -0.4 is 16.0 Å². The highest BCUT2D eigenvalue weighted by Crippen LogP contribution is 2.22. The van der Waals surface area contributed by atoms with Crippen LogP contribution in [0.5, 0.6) is 0 Å². The lowest BCUT2D eigenvalue weighted by atomic mass is 10.2. The van der Waals surface area contributed by atoms with Crippen LogP contribution >= 0.6 is 23.2 Å². The molecule has 2 aromatic carbocycles. The SMILES string of the molecule is COCCNC(=O)c1ccc(NCC(=O)Nc2cc(Cl)cc(Cl)c2)cc1. The van der Waals surface area contributed by atoms with E-state index in [1.54, 1.807) is 49.6 Å². The van der Waals surface area contributed by atoms with Crippen LogP contribution in [0.1, 0.15) is 10.4 Å². The number of carbonyl (C=O) groups is 2. The van der Waals surface area contributed by atoms with Crippen molar-refractivity contribution in [1.29, 1.82) is 0 Å². The molecule has 0 heterocycles. The summed E-state index contributed by atoms with van der Waals surface area (Å²) in [6, 6.07) is 11.6. The number of hydrogen-bond donors (Lipinski definition) is 3. The average Bonchev–Trinajstić information content (AvgIpc) is 2.59. The number of hydrogen-bond acceptors (Lipinski definition) is 4. The Kier molecular flexibility index (Phi) is 7.72. The largest absolute Gasteiger partial charge is 0.383 e. The van der Waals surface area contributed by atoms with E-state index in [0.717, 1.165) is 5.69 Å². The van der Waals surface area contributed by atoms with E-state index in [1.807, 2.05) is 0 Å². The lowest BCUT2D eigenvalue weighted by Gasteiger charge is -2.09. The molecular formula is C18H19Cl2N3O3. The molecule has 0 spiro atoms. The summed E-state index contributed by atoms with van der Waals surface area (Å²) in [5.74, 6) is -0.422. The van der Waals surface area contributed by atoms with Gasteiger partial charge in [0, 0.05) is 40.6 Å². The average molecular weight is 396 g/mol. The summed E-state index contributed by atoms with van der Waals surface area (Å²) >= 11 is 11.8. The second-order valence-electron chi connectivity index (χ2n) is 5.39. The Hall–Kier alpha value is -2.28. The van der Waals surface area contributed by atoms with Gasteiger partial charge in [0.15, 0.2) is 0 Å². The fourth-order valence-electron chi connectivity index (χ4n) is 2.12. The number of methoxy groups -OCH3 is 1. The molecule has 0 saturated carbocycles. The van der Waals surface area contributed by atoms with E-state index in [0.29, 0.717) is 34.4 Å². The minimum atomic E-state index is -0.246. The molecule has 0 fully saturated rings. The number of halogens is 2. The van der Waals surface area contributed by atoms with Crippen molar-refractivity contribution in [2.75, 3.05) is 37.4 Å². The second kappa shape index (κ2) is 10.0. The Morgan fingerprint density at radius 2 is 1.65 bits per heavy atom. The first kappa shape index (κ1) is 20.0. The first-order valence-electron chi connectivity index (χ1n) is 7.85. The van der Waals surface area contributed by atoms with Crippen LogP contribution in [-0.4, -0.2) is 38.6 Å². The van der Waals surface area contributed by atoms with Crippen molar-refractivity contribution in [1.82, 2.24) is 5.32 Å². The number of carbonyl (C=O) groups excluding carboxylic acids is 2. The number of nitrogens with one attached hydrogen (secondary N) is 3. The van der Waals surface area contributed by atoms with E-state index in [1.165, 1.54) is 0 Å². The number of ether oxygens (including phenoxy) is 1. The van der Waals surface area contributed by atoms with E-state index in [9.17, 15) is 9.59 Å². The van der Waals surface area contributed by atoms with Gasteiger partial charge < -0.3 is 20.7 Å². The lowest BCUT2D eigenvalue weighted by Crippen LogP contribution is -2.26. The molecule has 2 rings (SSSR count). The highest BCUT2D eigenvalue weighted by molar-refractivity contribution is 6.35. The maximum atomic E-state index is 12.0. The Balaban J connectivity index is 1.83. The van der Waals surface area contributed by atoms with Gasteiger partial charge in [0.05, 0.1) is 13.2 Å². The normalized spacial score (nSPS) is 10.3. The Bertz CT molecular complexity index is 747. The quantitative estimate of drug-likeness (QED) is 0.598. The summed E-state index contributed by atoms with van der Waals surface area (Å²) in [5.41, 5.74) is 1.78. The van der Waals surface area contributed by atoms with Crippen molar-refractivity contribution >= 4 is 46.4 Å². The molecule has 0 aliphatic rings. The molecule has 138 valence electrons. The third kappa shape index (κ3) is 6.55. The fourth-order valence-corrected chi connectivity index (χ4v) is 2.65. The maximum absolute atomic E-state index is 12.0. The standard InChI is InChI=1S/C18H19Cl2N3O3/c1-26-7-6-21-18(25)12-2-4-15(5-3-12)22-11-17(24)23-16-9-13(19)8-14(20)10-16/h2-5,8-10,22H,6-7,11H2,1H3,(H,21,25)(H,23,24). The van der Waals surface area contributed by atoms with Crippen molar-refractivity contribution in [2.45, 2.75) is 0 Å². The van der Waals surface area contributed by atoms with Gasteiger partial charge in [0.2, 0.25) is 5.91 Å². The number of rotatable bonds is 8. The first-order valence-corrected chi connectivity index (χ1v) is 8.60. The molecule has 2 aromatic rings. The maximum Gasteiger partial charge on any atom is 0.251 e. The molecule has 3 N–H and O–H groups in total. The minimum absolute atomic E-state index is 0.0590. The van der Waals surface area contributed by atoms with E-state index in [2.05, 4.69) is 16.0 Å². The summed E-state index contributed by atoms with van der Waals surface area (Å²) < 4.78 is 4.88. The summed E-state index contributed by atoms with van der Waals surface area (Å²) in [6.07, 6.45) is 0. The molecule has 0 aromatic heterocycles. The zero-order valence-corrected chi connectivity index (χ0v) is 15.7. The lowest BCUT2D eigenvalue weighted by molar-refractivity contribution is -0.114. The van der Waals surface area contributed by atoms with Crippen LogP contribution in [0.25, 0.3) is 0 Å². The van der Waals surface area contributed by atoms with Gasteiger partial charge in [-0.15, -0.1) is 0 Å². The van der Waals surface area contributed by atoms with Gasteiger partial charge in [0.25, 0.3) is 5.91 Å². The van der Waals surface area contributed by atoms with Gasteiger partial charge in [-0.25, -0.2) is 0 Å². The van der Waals surface area contributed by atoms with Gasteiger partial charge in [-0.05, 0) is 42.5 Å². The molecule has 0 radical (unpaired) electrons. The van der Waals surface area contributed by atoms with Crippen LogP contribution in [0, 0.1) is 0 Å². The predicted molar refractivity (Wildman–Crippen MR) is 104 cm³/mol. The third-order valence-electron chi connectivity index (χ3n) is 3.34. The predicted octanol–water partition coefficient (Wildman–Crippen LogP) is 3.42. The molecule has 0 aliphatic carbocycles. The van der Waals surface area contributed by atoms with Crippen molar-refractivity contribution in [3.05, 3.63) is 58.1 Å². The highest BCUT2D eigenvalue weighted by atomic mass is 35.5. The third-order valence-corrected chi connectivity index (χ3v) is 3.77. The van der Waals surface area contributed by atoms with Crippen molar-refractivity contribution in [3.8, 4) is 0 Å². The molecule has 0 atom stereocenters. The molecule has 26 heavy (non-hydrogen) atoms. The Morgan fingerprint density at radius 3 is 2.27 bits per heavy atom. The molecule has 0 bridgehead atoms. The van der Waals surface area contributed by atoms with Gasteiger partial charge in [-0.1, -0.05) is 23.2 Å².